The van der Waals surface area contributed by atoms with Crippen molar-refractivity contribution in [2.45, 2.75) is 24.7 Å². The van der Waals surface area contributed by atoms with Crippen LogP contribution in [0.1, 0.15) is 6.92 Å². The topological polar surface area (TPSA) is 124 Å². The molecule has 5 aliphatic rings. The standard InChI is InChI=1S/C19H24N4O5S/c1-9-13(22-3-5-29-6-4-22)16(25)12-10(8-28-18(20)26)19(27-2)17-11(21-17)7-23(19)14(12)15(9)24/h10-11,17,21H,3-8H2,1-2H3,(H2,20,26)/t10-,11+,17+,19?/m0/s1. The molecular formula is C19H24N4O5S. The summed E-state index contributed by atoms with van der Waals surface area (Å²) in [6.07, 6.45) is -0.912. The Balaban J connectivity index is 1.59. The molecule has 1 amide bonds. The maximum absolute atomic E-state index is 13.7. The third kappa shape index (κ3) is 2.45. The Labute approximate surface area is 172 Å². The van der Waals surface area contributed by atoms with Crippen LogP contribution in [0.4, 0.5) is 4.79 Å². The van der Waals surface area contributed by atoms with E-state index in [-0.39, 0.29) is 30.3 Å². The van der Waals surface area contributed by atoms with E-state index in [4.69, 9.17) is 15.2 Å². The van der Waals surface area contributed by atoms with Crippen LogP contribution in [0.3, 0.4) is 0 Å². The Morgan fingerprint density at radius 1 is 1.28 bits per heavy atom. The molecule has 3 saturated heterocycles. The highest BCUT2D eigenvalue weighted by molar-refractivity contribution is 7.99. The van der Waals surface area contributed by atoms with Gasteiger partial charge >= 0.3 is 6.09 Å². The van der Waals surface area contributed by atoms with E-state index >= 15 is 0 Å². The first-order chi connectivity index (χ1) is 13.9. The number of piperazine rings is 1. The zero-order valence-electron chi connectivity index (χ0n) is 16.4. The molecule has 0 saturated carbocycles. The molecule has 3 fully saturated rings. The van der Waals surface area contributed by atoms with Crippen LogP contribution in [0.2, 0.25) is 0 Å². The van der Waals surface area contributed by atoms with Crippen LogP contribution in [-0.2, 0) is 19.1 Å². The van der Waals surface area contributed by atoms with Crippen LogP contribution in [-0.4, -0.2) is 90.1 Å². The summed E-state index contributed by atoms with van der Waals surface area (Å²) >= 11 is 1.84. The second kappa shape index (κ2) is 6.48. The average Bonchev–Trinajstić information content (AvgIpc) is 3.32. The summed E-state index contributed by atoms with van der Waals surface area (Å²) < 4.78 is 11.1. The van der Waals surface area contributed by atoms with Gasteiger partial charge in [-0.1, -0.05) is 0 Å². The van der Waals surface area contributed by atoms with Crippen molar-refractivity contribution >= 4 is 29.4 Å². The molecule has 1 unspecified atom stereocenters. The van der Waals surface area contributed by atoms with Gasteiger partial charge < -0.3 is 30.3 Å². The summed E-state index contributed by atoms with van der Waals surface area (Å²) in [7, 11) is 1.57. The molecule has 156 valence electrons. The number of hydrogen-bond donors (Lipinski definition) is 2. The molecule has 1 aliphatic carbocycles. The van der Waals surface area contributed by atoms with Gasteiger partial charge in [-0.25, -0.2) is 4.79 Å². The molecule has 0 bridgehead atoms. The summed E-state index contributed by atoms with van der Waals surface area (Å²) in [5.41, 5.74) is 6.04. The number of rotatable bonds is 4. The van der Waals surface area contributed by atoms with Gasteiger partial charge in [0.15, 0.2) is 5.72 Å². The van der Waals surface area contributed by atoms with E-state index in [1.807, 2.05) is 21.6 Å². The number of carbonyl (C=O) groups excluding carboxylic acids is 3. The summed E-state index contributed by atoms with van der Waals surface area (Å²) in [5, 5.41) is 3.36. The van der Waals surface area contributed by atoms with Crippen molar-refractivity contribution in [2.75, 3.05) is 44.9 Å². The number of Topliss-reactive ketones (excluding diaryl/α,β-unsaturated/α-hetero) is 2. The predicted molar refractivity (Wildman–Crippen MR) is 105 cm³/mol. The van der Waals surface area contributed by atoms with E-state index in [1.54, 1.807) is 14.0 Å². The van der Waals surface area contributed by atoms with Crippen LogP contribution in [0.25, 0.3) is 0 Å². The van der Waals surface area contributed by atoms with E-state index in [0.717, 1.165) is 24.6 Å². The quantitative estimate of drug-likeness (QED) is 0.455. The van der Waals surface area contributed by atoms with Gasteiger partial charge in [-0.3, -0.25) is 9.59 Å². The zero-order valence-corrected chi connectivity index (χ0v) is 17.2. The summed E-state index contributed by atoms with van der Waals surface area (Å²) in [6.45, 7) is 3.66. The largest absolute Gasteiger partial charge is 0.449 e. The Bertz CT molecular complexity index is 880. The highest BCUT2D eigenvalue weighted by Gasteiger charge is 2.72. The number of allylic oxidation sites excluding steroid dienone is 2. The van der Waals surface area contributed by atoms with E-state index in [9.17, 15) is 14.4 Å². The molecule has 0 aromatic heterocycles. The second-order valence-electron chi connectivity index (χ2n) is 7.99. The van der Waals surface area contributed by atoms with Gasteiger partial charge in [0.1, 0.15) is 6.61 Å². The molecular weight excluding hydrogens is 396 g/mol. The lowest BCUT2D eigenvalue weighted by atomic mass is 9.82. The van der Waals surface area contributed by atoms with Crippen LogP contribution in [0, 0.1) is 5.92 Å². The van der Waals surface area contributed by atoms with Gasteiger partial charge in [0, 0.05) is 55.4 Å². The minimum Gasteiger partial charge on any atom is -0.449 e. The number of thioether (sulfide) groups is 1. The molecule has 0 spiro atoms. The molecule has 5 rings (SSSR count). The molecule has 4 atom stereocenters. The minimum atomic E-state index is -0.927. The maximum atomic E-state index is 13.7. The number of nitrogens with zero attached hydrogens (tertiary/aromatic N) is 2. The van der Waals surface area contributed by atoms with Crippen molar-refractivity contribution < 1.29 is 23.9 Å². The van der Waals surface area contributed by atoms with Crippen molar-refractivity contribution in [3.05, 3.63) is 22.5 Å². The van der Waals surface area contributed by atoms with Crippen molar-refractivity contribution in [3.63, 3.8) is 0 Å². The first-order valence-corrected chi connectivity index (χ1v) is 11.0. The van der Waals surface area contributed by atoms with E-state index in [2.05, 4.69) is 5.32 Å². The van der Waals surface area contributed by atoms with Gasteiger partial charge in [-0.15, -0.1) is 0 Å². The van der Waals surface area contributed by atoms with Gasteiger partial charge in [0.05, 0.1) is 23.4 Å². The Morgan fingerprint density at radius 3 is 2.66 bits per heavy atom. The number of ketones is 2. The monoisotopic (exact) mass is 420 g/mol. The highest BCUT2D eigenvalue weighted by Crippen LogP contribution is 2.56. The Morgan fingerprint density at radius 2 is 2.00 bits per heavy atom. The molecule has 0 radical (unpaired) electrons. The van der Waals surface area contributed by atoms with Crippen molar-refractivity contribution in [1.29, 1.82) is 0 Å². The number of nitrogens with one attached hydrogen (secondary N) is 1. The molecule has 9 nitrogen and oxygen atoms in total. The molecule has 0 aromatic rings. The molecule has 10 heteroatoms. The smallest absolute Gasteiger partial charge is 0.404 e. The summed E-state index contributed by atoms with van der Waals surface area (Å²) in [4.78, 5) is 42.5. The number of ether oxygens (including phenoxy) is 2. The minimum absolute atomic E-state index is 0.0321. The van der Waals surface area contributed by atoms with E-state index < -0.39 is 17.7 Å². The SMILES string of the molecule is COC12[C@@H]3N[C@@H]3CN1C1=C(C(=O)C(N3CCSCC3)=C(C)C1=O)[C@@H]2COC(N)=O. The van der Waals surface area contributed by atoms with Crippen LogP contribution < -0.4 is 11.1 Å². The average molecular weight is 420 g/mol. The number of amides is 1. The molecule has 4 aliphatic heterocycles. The lowest BCUT2D eigenvalue weighted by molar-refractivity contribution is -0.137. The normalized spacial score (nSPS) is 35.7. The van der Waals surface area contributed by atoms with Crippen LogP contribution >= 0.6 is 11.8 Å². The van der Waals surface area contributed by atoms with Crippen molar-refractivity contribution in [3.8, 4) is 0 Å². The molecule has 0 aromatic carbocycles. The van der Waals surface area contributed by atoms with Gasteiger partial charge in [-0.05, 0) is 6.92 Å². The number of nitrogens with two attached hydrogens (primary N) is 1. The third-order valence-corrected chi connectivity index (χ3v) is 7.67. The van der Waals surface area contributed by atoms with Crippen molar-refractivity contribution in [2.24, 2.45) is 11.7 Å². The third-order valence-electron chi connectivity index (χ3n) is 6.72. The predicted octanol–water partition coefficient (Wildman–Crippen LogP) is -0.561. The zero-order chi connectivity index (χ0) is 20.5. The highest BCUT2D eigenvalue weighted by atomic mass is 32.2. The number of hydrogen-bond acceptors (Lipinski definition) is 9. The molecule has 29 heavy (non-hydrogen) atoms. The molecule has 4 heterocycles. The lowest BCUT2D eigenvalue weighted by Crippen LogP contribution is -2.55. The second-order valence-corrected chi connectivity index (χ2v) is 9.22. The fourth-order valence-corrected chi connectivity index (χ4v) is 6.35. The first kappa shape index (κ1) is 19.0. The fourth-order valence-electron chi connectivity index (χ4n) is 5.45. The van der Waals surface area contributed by atoms with Crippen LogP contribution in [0.5, 0.6) is 0 Å². The van der Waals surface area contributed by atoms with Crippen molar-refractivity contribution in [1.82, 2.24) is 15.1 Å². The number of methoxy groups -OCH3 is 1. The first-order valence-electron chi connectivity index (χ1n) is 9.80. The maximum Gasteiger partial charge on any atom is 0.404 e. The number of carbonyl (C=O) groups is 3. The van der Waals surface area contributed by atoms with Crippen LogP contribution in [0.15, 0.2) is 22.5 Å². The van der Waals surface area contributed by atoms with Gasteiger partial charge in [0.25, 0.3) is 0 Å². The van der Waals surface area contributed by atoms with Gasteiger partial charge in [-0.2, -0.15) is 11.8 Å². The molecule has 3 N–H and O–H groups in total. The van der Waals surface area contributed by atoms with E-state index in [1.165, 1.54) is 0 Å². The Kier molecular flexibility index (Phi) is 4.24. The van der Waals surface area contributed by atoms with E-state index in [0.29, 0.717) is 29.1 Å². The number of primary amides is 1. The Hall–Kier alpha value is -2.04. The van der Waals surface area contributed by atoms with Gasteiger partial charge in [0.2, 0.25) is 11.6 Å². The lowest BCUT2D eigenvalue weighted by Gasteiger charge is -2.39. The number of fused-ring (bicyclic) bond motifs is 4. The summed E-state index contributed by atoms with van der Waals surface area (Å²) in [6, 6.07) is 0.156. The fraction of sp³-hybridized carbons (Fsp3) is 0.632. The summed E-state index contributed by atoms with van der Waals surface area (Å²) in [5.74, 6) is 0.946.